The van der Waals surface area contributed by atoms with E-state index in [2.05, 4.69) is 22.0 Å². The molecule has 2 aliphatic rings. The van der Waals surface area contributed by atoms with Crippen molar-refractivity contribution in [1.82, 2.24) is 10.2 Å². The molecule has 10 heteroatoms. The van der Waals surface area contributed by atoms with Gasteiger partial charge in [-0.05, 0) is 59.6 Å². The van der Waals surface area contributed by atoms with Crippen LogP contribution in [0, 0.1) is 6.92 Å². The molecule has 0 bridgehead atoms. The third-order valence-electron chi connectivity index (χ3n) is 6.64. The molecule has 0 aliphatic carbocycles. The fourth-order valence-corrected chi connectivity index (χ4v) is 4.64. The summed E-state index contributed by atoms with van der Waals surface area (Å²) in [6, 6.07) is 3.63. The van der Waals surface area contributed by atoms with E-state index >= 15 is 0 Å². The molecule has 1 aromatic rings. The molecular weight excluding hydrogens is 473 g/mol. The topological polar surface area (TPSA) is 57.3 Å². The first-order chi connectivity index (χ1) is 17.0. The lowest BCUT2D eigenvalue weighted by molar-refractivity contribution is 0.0240. The number of halogens is 3. The highest BCUT2D eigenvalue weighted by atomic mass is 19.2. The Morgan fingerprint density at radius 1 is 1.17 bits per heavy atom. The third kappa shape index (κ3) is 6.89. The highest BCUT2D eigenvalue weighted by molar-refractivity contribution is 5.72. The lowest BCUT2D eigenvalue weighted by Gasteiger charge is -2.39. The van der Waals surface area contributed by atoms with Crippen LogP contribution in [0.25, 0.3) is 0 Å². The Labute approximate surface area is 212 Å². The number of piperazine rings is 1. The number of amides is 1. The monoisotopic (exact) mass is 514 g/mol. The average molecular weight is 515 g/mol. The minimum atomic E-state index is -2.66. The van der Waals surface area contributed by atoms with E-state index in [1.165, 1.54) is 0 Å². The molecule has 0 spiro atoms. The van der Waals surface area contributed by atoms with Crippen LogP contribution in [0.2, 0.25) is 0 Å². The maximum atomic E-state index is 14.3. The number of carbonyl (C=O) groups is 1. The van der Waals surface area contributed by atoms with Gasteiger partial charge in [0.2, 0.25) is 5.67 Å². The standard InChI is InChI=1S/C26H41F3N4O3/c1-6-33(23-8-7-9-30-23)22-15-20(35-18-26(29,16-27)17-28)14-21(19(22)2)31-10-12-32(13-11-31)24(34)36-25(3,4)5/h14-15,23,30H,6-13,16-18H2,1-5H3. The van der Waals surface area contributed by atoms with Crippen molar-refractivity contribution in [3.63, 3.8) is 0 Å². The average Bonchev–Trinajstić information content (AvgIpc) is 3.38. The molecule has 2 saturated heterocycles. The molecule has 204 valence electrons. The molecule has 1 aromatic carbocycles. The van der Waals surface area contributed by atoms with Crippen molar-refractivity contribution >= 4 is 17.5 Å². The Bertz CT molecular complexity index is 878. The number of ether oxygens (including phenoxy) is 2. The summed E-state index contributed by atoms with van der Waals surface area (Å²) in [5.74, 6) is 0.362. The molecule has 1 atom stereocenters. The van der Waals surface area contributed by atoms with E-state index in [0.29, 0.717) is 31.9 Å². The van der Waals surface area contributed by atoms with Crippen molar-refractivity contribution in [2.75, 3.05) is 69.0 Å². The summed E-state index contributed by atoms with van der Waals surface area (Å²) < 4.78 is 51.6. The van der Waals surface area contributed by atoms with Crippen molar-refractivity contribution in [3.05, 3.63) is 17.7 Å². The molecule has 2 heterocycles. The highest BCUT2D eigenvalue weighted by Crippen LogP contribution is 2.37. The van der Waals surface area contributed by atoms with Crippen LogP contribution in [0.1, 0.15) is 46.1 Å². The molecule has 1 amide bonds. The van der Waals surface area contributed by atoms with Crippen LogP contribution in [-0.2, 0) is 4.74 Å². The van der Waals surface area contributed by atoms with Crippen LogP contribution in [0.5, 0.6) is 5.75 Å². The quantitative estimate of drug-likeness (QED) is 0.519. The van der Waals surface area contributed by atoms with Crippen LogP contribution < -0.4 is 19.9 Å². The number of alkyl halides is 3. The van der Waals surface area contributed by atoms with Gasteiger partial charge in [-0.3, -0.25) is 5.32 Å². The first-order valence-corrected chi connectivity index (χ1v) is 12.8. The van der Waals surface area contributed by atoms with Gasteiger partial charge in [-0.25, -0.2) is 18.0 Å². The zero-order chi connectivity index (χ0) is 26.5. The second kappa shape index (κ2) is 11.8. The van der Waals surface area contributed by atoms with E-state index in [9.17, 15) is 18.0 Å². The Balaban J connectivity index is 1.86. The maximum absolute atomic E-state index is 14.3. The van der Waals surface area contributed by atoms with Gasteiger partial charge in [0.05, 0.1) is 6.17 Å². The van der Waals surface area contributed by atoms with Crippen LogP contribution in [0.3, 0.4) is 0 Å². The number of benzene rings is 1. The van der Waals surface area contributed by atoms with Crippen molar-refractivity contribution in [2.24, 2.45) is 0 Å². The van der Waals surface area contributed by atoms with Crippen LogP contribution >= 0.6 is 0 Å². The van der Waals surface area contributed by atoms with Crippen molar-refractivity contribution in [2.45, 2.75) is 64.9 Å². The Kier molecular flexibility index (Phi) is 9.24. The summed E-state index contributed by atoms with van der Waals surface area (Å²) in [6.07, 6.45) is 1.91. The van der Waals surface area contributed by atoms with E-state index in [1.807, 2.05) is 33.8 Å². The van der Waals surface area contributed by atoms with Gasteiger partial charge in [0.1, 0.15) is 31.3 Å². The Hall–Kier alpha value is -2.36. The molecule has 2 aliphatic heterocycles. The van der Waals surface area contributed by atoms with E-state index in [-0.39, 0.29) is 12.3 Å². The number of anilines is 2. The van der Waals surface area contributed by atoms with Crippen LogP contribution in [-0.4, -0.2) is 87.7 Å². The molecule has 2 fully saturated rings. The number of rotatable bonds is 9. The smallest absolute Gasteiger partial charge is 0.410 e. The summed E-state index contributed by atoms with van der Waals surface area (Å²) in [6.45, 7) is 9.87. The SMILES string of the molecule is CCN(c1cc(OCC(F)(CF)CF)cc(N2CCN(C(=O)OC(C)(C)C)CC2)c1C)C1CCCN1. The number of nitrogens with one attached hydrogen (secondary N) is 1. The van der Waals surface area contributed by atoms with Gasteiger partial charge in [0.15, 0.2) is 0 Å². The van der Waals surface area contributed by atoms with E-state index in [4.69, 9.17) is 9.47 Å². The molecule has 3 rings (SSSR count). The Morgan fingerprint density at radius 2 is 1.83 bits per heavy atom. The summed E-state index contributed by atoms with van der Waals surface area (Å²) >= 11 is 0. The number of nitrogens with zero attached hydrogens (tertiary/aromatic N) is 3. The number of carbonyl (C=O) groups excluding carboxylic acids is 1. The maximum Gasteiger partial charge on any atom is 0.410 e. The molecule has 0 aromatic heterocycles. The zero-order valence-corrected chi connectivity index (χ0v) is 22.2. The van der Waals surface area contributed by atoms with Gasteiger partial charge < -0.3 is 24.2 Å². The molecule has 0 radical (unpaired) electrons. The Morgan fingerprint density at radius 3 is 2.36 bits per heavy atom. The largest absolute Gasteiger partial charge is 0.490 e. The van der Waals surface area contributed by atoms with Gasteiger partial charge in [-0.15, -0.1) is 0 Å². The minimum absolute atomic E-state index is 0.165. The highest BCUT2D eigenvalue weighted by Gasteiger charge is 2.33. The summed E-state index contributed by atoms with van der Waals surface area (Å²) in [7, 11) is 0. The number of hydrogen-bond acceptors (Lipinski definition) is 6. The molecule has 1 N–H and O–H groups in total. The minimum Gasteiger partial charge on any atom is -0.490 e. The van der Waals surface area contributed by atoms with Crippen molar-refractivity contribution in [3.8, 4) is 5.75 Å². The number of hydrogen-bond donors (Lipinski definition) is 1. The van der Waals surface area contributed by atoms with Gasteiger partial charge in [-0.1, -0.05) is 0 Å². The second-order valence-corrected chi connectivity index (χ2v) is 10.6. The van der Waals surface area contributed by atoms with Crippen LogP contribution in [0.15, 0.2) is 12.1 Å². The van der Waals surface area contributed by atoms with Crippen molar-refractivity contribution in [1.29, 1.82) is 0 Å². The summed E-state index contributed by atoms with van der Waals surface area (Å²) in [5, 5.41) is 3.52. The fourth-order valence-electron chi connectivity index (χ4n) is 4.64. The van der Waals surface area contributed by atoms with E-state index in [1.54, 1.807) is 11.0 Å². The molecule has 0 saturated carbocycles. The summed E-state index contributed by atoms with van der Waals surface area (Å²) in [5.41, 5.74) is -0.363. The molecular formula is C26H41F3N4O3. The van der Waals surface area contributed by atoms with Crippen molar-refractivity contribution < 1.29 is 27.4 Å². The molecule has 1 unspecified atom stereocenters. The molecule has 7 nitrogen and oxygen atoms in total. The predicted molar refractivity (Wildman–Crippen MR) is 137 cm³/mol. The van der Waals surface area contributed by atoms with E-state index in [0.717, 1.165) is 42.9 Å². The third-order valence-corrected chi connectivity index (χ3v) is 6.64. The normalized spacial score (nSPS) is 18.9. The lowest BCUT2D eigenvalue weighted by atomic mass is 10.1. The van der Waals surface area contributed by atoms with Crippen LogP contribution in [0.4, 0.5) is 29.3 Å². The first kappa shape index (κ1) is 28.2. The summed E-state index contributed by atoms with van der Waals surface area (Å²) in [4.78, 5) is 18.6. The van der Waals surface area contributed by atoms with E-state index < -0.39 is 31.2 Å². The zero-order valence-electron chi connectivity index (χ0n) is 22.2. The first-order valence-electron chi connectivity index (χ1n) is 12.8. The van der Waals surface area contributed by atoms with Gasteiger partial charge >= 0.3 is 6.09 Å². The van der Waals surface area contributed by atoms with Gasteiger partial charge in [0.25, 0.3) is 0 Å². The second-order valence-electron chi connectivity index (χ2n) is 10.6. The predicted octanol–water partition coefficient (Wildman–Crippen LogP) is 4.61. The fraction of sp³-hybridized carbons (Fsp3) is 0.731. The lowest BCUT2D eigenvalue weighted by Crippen LogP contribution is -2.50. The van der Waals surface area contributed by atoms with Gasteiger partial charge in [0, 0.05) is 56.2 Å². The van der Waals surface area contributed by atoms with Gasteiger partial charge in [-0.2, -0.15) is 0 Å². The molecule has 36 heavy (non-hydrogen) atoms.